The fourth-order valence-corrected chi connectivity index (χ4v) is 2.47. The van der Waals surface area contributed by atoms with Gasteiger partial charge in [-0.3, -0.25) is 4.79 Å². The molecule has 0 spiro atoms. The van der Waals surface area contributed by atoms with E-state index < -0.39 is 0 Å². The number of halogens is 1. The lowest BCUT2D eigenvalue weighted by molar-refractivity contribution is 0.0934. The van der Waals surface area contributed by atoms with Crippen molar-refractivity contribution in [3.63, 3.8) is 0 Å². The number of ether oxygens (including phenoxy) is 1. The normalized spacial score (nSPS) is 12.5. The predicted molar refractivity (Wildman–Crippen MR) is 70.4 cm³/mol. The Labute approximate surface area is 107 Å². The molecule has 0 saturated heterocycles. The summed E-state index contributed by atoms with van der Waals surface area (Å²) in [5.74, 6) is 0.341. The van der Waals surface area contributed by atoms with Gasteiger partial charge < -0.3 is 10.1 Å². The van der Waals surface area contributed by atoms with Crippen LogP contribution in [0.15, 0.2) is 11.4 Å². The van der Waals surface area contributed by atoms with E-state index in [0.717, 1.165) is 8.45 Å². The Balaban J connectivity index is 2.36. The summed E-state index contributed by atoms with van der Waals surface area (Å²) in [4.78, 5) is 11.6. The highest BCUT2D eigenvalue weighted by Crippen LogP contribution is 2.16. The molecule has 1 N–H and O–H groups in total. The van der Waals surface area contributed by atoms with Crippen LogP contribution in [0, 0.1) is 8.80 Å². The first-order valence-corrected chi connectivity index (χ1v) is 6.60. The van der Waals surface area contributed by atoms with E-state index in [1.807, 2.05) is 18.4 Å². The Morgan fingerprint density at radius 1 is 1.73 bits per heavy atom. The molecule has 5 heteroatoms. The van der Waals surface area contributed by atoms with Crippen LogP contribution in [-0.4, -0.2) is 26.2 Å². The lowest BCUT2D eigenvalue weighted by Gasteiger charge is -2.10. The van der Waals surface area contributed by atoms with Gasteiger partial charge in [0, 0.05) is 19.0 Å². The number of hydrogen-bond donors (Lipinski definition) is 1. The Morgan fingerprint density at radius 2 is 2.47 bits per heavy atom. The quantitative estimate of drug-likeness (QED) is 0.837. The SMILES string of the molecule is COCC(C)CNC(=O)c1csc(I)c1. The van der Waals surface area contributed by atoms with Crippen LogP contribution in [0.5, 0.6) is 0 Å². The average molecular weight is 339 g/mol. The van der Waals surface area contributed by atoms with Gasteiger partial charge in [0.2, 0.25) is 0 Å². The first kappa shape index (κ1) is 12.9. The molecule has 0 radical (unpaired) electrons. The van der Waals surface area contributed by atoms with Gasteiger partial charge in [-0.2, -0.15) is 0 Å². The van der Waals surface area contributed by atoms with Crippen LogP contribution < -0.4 is 5.32 Å². The zero-order valence-electron chi connectivity index (χ0n) is 8.75. The maximum Gasteiger partial charge on any atom is 0.252 e. The molecule has 0 bridgehead atoms. The molecule has 0 aliphatic heterocycles. The van der Waals surface area contributed by atoms with Crippen LogP contribution in [0.1, 0.15) is 17.3 Å². The fraction of sp³-hybridized carbons (Fsp3) is 0.500. The lowest BCUT2D eigenvalue weighted by atomic mass is 10.2. The van der Waals surface area contributed by atoms with Crippen molar-refractivity contribution in [2.45, 2.75) is 6.92 Å². The van der Waals surface area contributed by atoms with Crippen molar-refractivity contribution >= 4 is 39.8 Å². The van der Waals surface area contributed by atoms with Crippen LogP contribution in [0.25, 0.3) is 0 Å². The third-order valence-corrected chi connectivity index (χ3v) is 3.68. The summed E-state index contributed by atoms with van der Waals surface area (Å²) < 4.78 is 6.12. The molecule has 1 atom stereocenters. The maximum absolute atomic E-state index is 11.6. The fourth-order valence-electron chi connectivity index (χ4n) is 1.14. The highest BCUT2D eigenvalue weighted by molar-refractivity contribution is 14.1. The zero-order valence-corrected chi connectivity index (χ0v) is 11.7. The summed E-state index contributed by atoms with van der Waals surface area (Å²) in [6.45, 7) is 3.36. The monoisotopic (exact) mass is 339 g/mol. The van der Waals surface area contributed by atoms with Gasteiger partial charge in [-0.05, 0) is 34.6 Å². The number of carbonyl (C=O) groups excluding carboxylic acids is 1. The molecule has 3 nitrogen and oxygen atoms in total. The first-order chi connectivity index (χ1) is 7.13. The van der Waals surface area contributed by atoms with Crippen LogP contribution in [0.3, 0.4) is 0 Å². The van der Waals surface area contributed by atoms with Gasteiger partial charge in [-0.25, -0.2) is 0 Å². The predicted octanol–water partition coefficient (Wildman–Crippen LogP) is 2.37. The van der Waals surface area contributed by atoms with E-state index >= 15 is 0 Å². The topological polar surface area (TPSA) is 38.3 Å². The van der Waals surface area contributed by atoms with Crippen LogP contribution in [-0.2, 0) is 4.74 Å². The summed E-state index contributed by atoms with van der Waals surface area (Å²) >= 11 is 3.79. The molecule has 1 amide bonds. The van der Waals surface area contributed by atoms with E-state index in [1.54, 1.807) is 18.4 Å². The van der Waals surface area contributed by atoms with E-state index in [4.69, 9.17) is 4.74 Å². The second-order valence-corrected chi connectivity index (χ2v) is 6.22. The molecule has 1 rings (SSSR count). The molecule has 0 aromatic carbocycles. The van der Waals surface area contributed by atoms with Gasteiger partial charge in [0.05, 0.1) is 15.1 Å². The summed E-state index contributed by atoms with van der Waals surface area (Å²) in [6, 6.07) is 1.89. The van der Waals surface area contributed by atoms with E-state index in [2.05, 4.69) is 27.9 Å². The number of amides is 1. The Kier molecular flexibility index (Phi) is 5.55. The van der Waals surface area contributed by atoms with Crippen molar-refractivity contribution in [1.29, 1.82) is 0 Å². The number of carbonyl (C=O) groups is 1. The third-order valence-electron chi connectivity index (χ3n) is 1.89. The smallest absolute Gasteiger partial charge is 0.252 e. The molecule has 1 aromatic heterocycles. The minimum Gasteiger partial charge on any atom is -0.384 e. The van der Waals surface area contributed by atoms with Crippen LogP contribution in [0.2, 0.25) is 0 Å². The summed E-state index contributed by atoms with van der Waals surface area (Å²) in [7, 11) is 1.67. The zero-order chi connectivity index (χ0) is 11.3. The van der Waals surface area contributed by atoms with Crippen molar-refractivity contribution in [2.24, 2.45) is 5.92 Å². The highest BCUT2D eigenvalue weighted by atomic mass is 127. The second-order valence-electron chi connectivity index (χ2n) is 3.41. The van der Waals surface area contributed by atoms with E-state index in [-0.39, 0.29) is 5.91 Å². The lowest BCUT2D eigenvalue weighted by Crippen LogP contribution is -2.29. The van der Waals surface area contributed by atoms with Gasteiger partial charge in [0.25, 0.3) is 5.91 Å². The Morgan fingerprint density at radius 3 is 3.00 bits per heavy atom. The van der Waals surface area contributed by atoms with Gasteiger partial charge in [-0.1, -0.05) is 6.92 Å². The molecule has 1 unspecified atom stereocenters. The number of rotatable bonds is 5. The first-order valence-electron chi connectivity index (χ1n) is 4.64. The molecular weight excluding hydrogens is 325 g/mol. The van der Waals surface area contributed by atoms with Crippen molar-refractivity contribution in [3.8, 4) is 0 Å². The minimum absolute atomic E-state index is 0.00267. The summed E-state index contributed by atoms with van der Waals surface area (Å²) in [5, 5.41) is 4.75. The molecule has 0 saturated carbocycles. The number of nitrogens with one attached hydrogen (secondary N) is 1. The number of thiophene rings is 1. The minimum atomic E-state index is -0.00267. The Bertz CT molecular complexity index is 327. The van der Waals surface area contributed by atoms with Gasteiger partial charge in [0.1, 0.15) is 0 Å². The van der Waals surface area contributed by atoms with Gasteiger partial charge in [-0.15, -0.1) is 11.3 Å². The second kappa shape index (κ2) is 6.44. The largest absolute Gasteiger partial charge is 0.384 e. The highest BCUT2D eigenvalue weighted by Gasteiger charge is 2.09. The maximum atomic E-state index is 11.6. The van der Waals surface area contributed by atoms with Crippen LogP contribution >= 0.6 is 33.9 Å². The number of hydrogen-bond acceptors (Lipinski definition) is 3. The molecule has 0 fully saturated rings. The van der Waals surface area contributed by atoms with Gasteiger partial charge in [0.15, 0.2) is 0 Å². The number of methoxy groups -OCH3 is 1. The van der Waals surface area contributed by atoms with Gasteiger partial charge >= 0.3 is 0 Å². The standard InChI is InChI=1S/C10H14INO2S/c1-7(5-14-2)4-12-10(13)8-3-9(11)15-6-8/h3,6-7H,4-5H2,1-2H3,(H,12,13). The molecule has 0 aliphatic carbocycles. The summed E-state index contributed by atoms with van der Waals surface area (Å²) in [6.07, 6.45) is 0. The van der Waals surface area contributed by atoms with Crippen LogP contribution in [0.4, 0.5) is 0 Å². The molecule has 15 heavy (non-hydrogen) atoms. The van der Waals surface area contributed by atoms with Crippen molar-refractivity contribution < 1.29 is 9.53 Å². The molecule has 1 heterocycles. The van der Waals surface area contributed by atoms with E-state index in [0.29, 0.717) is 19.1 Å². The Hall–Kier alpha value is -0.140. The molecular formula is C10H14INO2S. The van der Waals surface area contributed by atoms with Crippen molar-refractivity contribution in [3.05, 3.63) is 19.9 Å². The molecule has 0 aliphatic rings. The van der Waals surface area contributed by atoms with Crippen molar-refractivity contribution in [2.75, 3.05) is 20.3 Å². The summed E-state index contributed by atoms with van der Waals surface area (Å²) in [5.41, 5.74) is 0.744. The average Bonchev–Trinajstić information content (AvgIpc) is 2.62. The molecule has 1 aromatic rings. The molecule has 84 valence electrons. The van der Waals surface area contributed by atoms with E-state index in [9.17, 15) is 4.79 Å². The van der Waals surface area contributed by atoms with E-state index in [1.165, 1.54) is 0 Å². The van der Waals surface area contributed by atoms with Crippen molar-refractivity contribution in [1.82, 2.24) is 5.32 Å². The third kappa shape index (κ3) is 4.48.